The van der Waals surface area contributed by atoms with Gasteiger partial charge >= 0.3 is 0 Å². The fraction of sp³-hybridized carbons (Fsp3) is 0.600. The van der Waals surface area contributed by atoms with E-state index in [2.05, 4.69) is 26.7 Å². The van der Waals surface area contributed by atoms with Crippen LogP contribution in [0, 0.1) is 12.8 Å². The van der Waals surface area contributed by atoms with Crippen LogP contribution in [0.15, 0.2) is 6.20 Å². The Balaban J connectivity index is 1.68. The van der Waals surface area contributed by atoms with Crippen molar-refractivity contribution in [2.24, 2.45) is 5.92 Å². The fourth-order valence-corrected chi connectivity index (χ4v) is 3.75. The van der Waals surface area contributed by atoms with Crippen molar-refractivity contribution in [2.75, 3.05) is 13.1 Å². The zero-order valence-electron chi connectivity index (χ0n) is 13.0. The van der Waals surface area contributed by atoms with Crippen LogP contribution in [0.5, 0.6) is 0 Å². The third kappa shape index (κ3) is 3.04. The molecule has 118 valence electrons. The molecule has 2 aromatic rings. The van der Waals surface area contributed by atoms with Crippen molar-refractivity contribution in [3.63, 3.8) is 0 Å². The molecule has 3 heterocycles. The van der Waals surface area contributed by atoms with Crippen LogP contribution in [0.2, 0.25) is 0 Å². The third-order valence-corrected chi connectivity index (χ3v) is 5.07. The second-order valence-electron chi connectivity index (χ2n) is 5.90. The Morgan fingerprint density at radius 1 is 1.55 bits per heavy atom. The van der Waals surface area contributed by atoms with Crippen molar-refractivity contribution in [1.29, 1.82) is 0 Å². The molecule has 1 fully saturated rings. The van der Waals surface area contributed by atoms with Gasteiger partial charge in [0, 0.05) is 18.8 Å². The van der Waals surface area contributed by atoms with Crippen LogP contribution >= 0.6 is 11.5 Å². The number of piperidine rings is 1. The summed E-state index contributed by atoms with van der Waals surface area (Å²) in [6.07, 6.45) is 5.78. The quantitative estimate of drug-likeness (QED) is 0.937. The van der Waals surface area contributed by atoms with Gasteiger partial charge in [-0.05, 0) is 55.6 Å². The Labute approximate surface area is 134 Å². The molecule has 1 saturated heterocycles. The number of carbonyl (C=O) groups is 1. The normalized spacial score (nSPS) is 18.6. The lowest BCUT2D eigenvalue weighted by molar-refractivity contribution is 0.0676. The first-order chi connectivity index (χ1) is 10.7. The first-order valence-corrected chi connectivity index (χ1v) is 8.55. The summed E-state index contributed by atoms with van der Waals surface area (Å²) in [6.45, 7) is 5.71. The van der Waals surface area contributed by atoms with Crippen LogP contribution < -0.4 is 0 Å². The number of amides is 1. The molecular weight excluding hydrogens is 298 g/mol. The molecule has 1 aliphatic rings. The number of nitrogens with zero attached hydrogens (tertiary/aromatic N) is 4. The highest BCUT2D eigenvalue weighted by molar-refractivity contribution is 7.08. The van der Waals surface area contributed by atoms with E-state index in [0.29, 0.717) is 10.8 Å². The minimum Gasteiger partial charge on any atom is -0.338 e. The van der Waals surface area contributed by atoms with Crippen molar-refractivity contribution in [3.8, 4) is 0 Å². The average Bonchev–Trinajstić information content (AvgIpc) is 3.16. The molecule has 0 unspecified atom stereocenters. The molecule has 2 aromatic heterocycles. The van der Waals surface area contributed by atoms with Crippen LogP contribution in [0.3, 0.4) is 0 Å². The number of aromatic amines is 1. The van der Waals surface area contributed by atoms with Crippen LogP contribution in [-0.2, 0) is 12.8 Å². The predicted octanol–water partition coefficient (Wildman–Crippen LogP) is 2.23. The summed E-state index contributed by atoms with van der Waals surface area (Å²) >= 11 is 1.22. The molecule has 0 aliphatic carbocycles. The number of aryl methyl sites for hydroxylation is 2. The van der Waals surface area contributed by atoms with E-state index < -0.39 is 0 Å². The maximum atomic E-state index is 12.7. The first kappa shape index (κ1) is 15.1. The summed E-state index contributed by atoms with van der Waals surface area (Å²) in [5.41, 5.74) is 3.21. The van der Waals surface area contributed by atoms with Crippen molar-refractivity contribution < 1.29 is 4.79 Å². The van der Waals surface area contributed by atoms with Crippen LogP contribution in [0.25, 0.3) is 0 Å². The molecule has 3 rings (SSSR count). The molecule has 0 radical (unpaired) electrons. The summed E-state index contributed by atoms with van der Waals surface area (Å²) in [5.74, 6) is 0.584. The Bertz CT molecular complexity index is 650. The number of likely N-dealkylation sites (tertiary alicyclic amines) is 1. The molecule has 1 aliphatic heterocycles. The largest absolute Gasteiger partial charge is 0.338 e. The van der Waals surface area contributed by atoms with Gasteiger partial charge in [0.1, 0.15) is 4.88 Å². The van der Waals surface area contributed by atoms with E-state index in [4.69, 9.17) is 0 Å². The van der Waals surface area contributed by atoms with E-state index in [1.54, 1.807) is 0 Å². The van der Waals surface area contributed by atoms with Gasteiger partial charge in [-0.15, -0.1) is 5.10 Å². The van der Waals surface area contributed by atoms with Gasteiger partial charge in [-0.25, -0.2) is 0 Å². The number of aromatic nitrogens is 4. The molecule has 1 amide bonds. The van der Waals surface area contributed by atoms with Gasteiger partial charge in [0.2, 0.25) is 0 Å². The molecule has 0 bridgehead atoms. The maximum absolute atomic E-state index is 12.7. The van der Waals surface area contributed by atoms with Crippen LogP contribution in [-0.4, -0.2) is 43.7 Å². The Kier molecular flexibility index (Phi) is 4.52. The molecule has 0 aromatic carbocycles. The van der Waals surface area contributed by atoms with Gasteiger partial charge in [0.15, 0.2) is 0 Å². The lowest BCUT2D eigenvalue weighted by Crippen LogP contribution is -2.40. The monoisotopic (exact) mass is 319 g/mol. The first-order valence-electron chi connectivity index (χ1n) is 7.78. The van der Waals surface area contributed by atoms with Gasteiger partial charge in [0.05, 0.1) is 11.9 Å². The van der Waals surface area contributed by atoms with Crippen LogP contribution in [0.1, 0.15) is 46.4 Å². The number of nitrogens with one attached hydrogen (secondary N) is 1. The summed E-state index contributed by atoms with van der Waals surface area (Å²) in [4.78, 5) is 15.4. The van der Waals surface area contributed by atoms with E-state index in [1.165, 1.54) is 22.8 Å². The Morgan fingerprint density at radius 2 is 2.41 bits per heavy atom. The number of hydrogen-bond donors (Lipinski definition) is 1. The third-order valence-electron chi connectivity index (χ3n) is 4.32. The van der Waals surface area contributed by atoms with E-state index >= 15 is 0 Å². The summed E-state index contributed by atoms with van der Waals surface area (Å²) < 4.78 is 3.93. The van der Waals surface area contributed by atoms with Gasteiger partial charge in [-0.2, -0.15) is 5.10 Å². The topological polar surface area (TPSA) is 74.8 Å². The van der Waals surface area contributed by atoms with E-state index in [9.17, 15) is 4.79 Å². The van der Waals surface area contributed by atoms with Gasteiger partial charge in [-0.3, -0.25) is 9.89 Å². The van der Waals surface area contributed by atoms with Crippen molar-refractivity contribution in [2.45, 2.75) is 39.5 Å². The van der Waals surface area contributed by atoms with E-state index in [1.807, 2.05) is 18.0 Å². The lowest BCUT2D eigenvalue weighted by Gasteiger charge is -2.32. The molecule has 6 nitrogen and oxygen atoms in total. The maximum Gasteiger partial charge on any atom is 0.267 e. The number of carbonyl (C=O) groups excluding carboxylic acids is 1. The number of H-pyrrole nitrogens is 1. The number of rotatable bonds is 4. The van der Waals surface area contributed by atoms with Gasteiger partial charge in [0.25, 0.3) is 5.91 Å². The summed E-state index contributed by atoms with van der Waals surface area (Å²) in [7, 11) is 0. The zero-order valence-corrected chi connectivity index (χ0v) is 13.8. The van der Waals surface area contributed by atoms with E-state index in [-0.39, 0.29) is 5.91 Å². The summed E-state index contributed by atoms with van der Waals surface area (Å²) in [6, 6.07) is 0. The van der Waals surface area contributed by atoms with Gasteiger partial charge < -0.3 is 4.90 Å². The molecule has 1 N–H and O–H groups in total. The van der Waals surface area contributed by atoms with Gasteiger partial charge in [-0.1, -0.05) is 11.4 Å². The molecule has 1 atom stereocenters. The lowest BCUT2D eigenvalue weighted by atomic mass is 9.92. The SMILES string of the molecule is CCc1nnsc1C(=O)N1CCC[C@@H](Cc2[nH]ncc2C)C1. The molecular formula is C15H21N5OS. The fourth-order valence-electron chi connectivity index (χ4n) is 3.03. The summed E-state index contributed by atoms with van der Waals surface area (Å²) in [5, 5.41) is 11.2. The highest BCUT2D eigenvalue weighted by atomic mass is 32.1. The Hall–Kier alpha value is -1.76. The molecule has 7 heteroatoms. The van der Waals surface area contributed by atoms with Crippen molar-refractivity contribution >= 4 is 17.4 Å². The predicted molar refractivity (Wildman–Crippen MR) is 84.9 cm³/mol. The highest BCUT2D eigenvalue weighted by Crippen LogP contribution is 2.24. The highest BCUT2D eigenvalue weighted by Gasteiger charge is 2.27. The Morgan fingerprint density at radius 3 is 3.14 bits per heavy atom. The minimum absolute atomic E-state index is 0.0953. The smallest absolute Gasteiger partial charge is 0.267 e. The standard InChI is InChI=1S/C15H21N5OS/c1-3-12-14(22-19-18-12)15(21)20-6-4-5-11(9-20)7-13-10(2)8-16-17-13/h8,11H,3-7,9H2,1-2H3,(H,16,17)/t11-/m0/s1. The number of hydrogen-bond acceptors (Lipinski definition) is 5. The molecule has 0 spiro atoms. The van der Waals surface area contributed by atoms with E-state index in [0.717, 1.165) is 44.5 Å². The molecule has 0 saturated carbocycles. The van der Waals surface area contributed by atoms with Crippen LogP contribution in [0.4, 0.5) is 0 Å². The second kappa shape index (κ2) is 6.56. The van der Waals surface area contributed by atoms with Crippen molar-refractivity contribution in [3.05, 3.63) is 28.0 Å². The zero-order chi connectivity index (χ0) is 15.5. The van der Waals surface area contributed by atoms with Crippen molar-refractivity contribution in [1.82, 2.24) is 24.7 Å². The second-order valence-corrected chi connectivity index (χ2v) is 6.65. The minimum atomic E-state index is 0.0953. The molecule has 22 heavy (non-hydrogen) atoms. The average molecular weight is 319 g/mol.